The molecule has 0 aromatic heterocycles. The molecule has 2 N–H and O–H groups in total. The van der Waals surface area contributed by atoms with Crippen molar-refractivity contribution < 1.29 is 9.53 Å². The van der Waals surface area contributed by atoms with Crippen molar-refractivity contribution in [3.8, 4) is 0 Å². The van der Waals surface area contributed by atoms with Crippen LogP contribution in [0.15, 0.2) is 0 Å². The van der Waals surface area contributed by atoms with E-state index in [4.69, 9.17) is 4.74 Å². The second-order valence-electron chi connectivity index (χ2n) is 3.93. The van der Waals surface area contributed by atoms with Crippen molar-refractivity contribution in [3.05, 3.63) is 0 Å². The zero-order valence-electron chi connectivity index (χ0n) is 9.01. The fourth-order valence-corrected chi connectivity index (χ4v) is 1.45. The van der Waals surface area contributed by atoms with Gasteiger partial charge in [0.15, 0.2) is 0 Å². The van der Waals surface area contributed by atoms with Crippen molar-refractivity contribution in [2.45, 2.75) is 25.8 Å². The van der Waals surface area contributed by atoms with Crippen LogP contribution >= 0.6 is 0 Å². The summed E-state index contributed by atoms with van der Waals surface area (Å²) in [7, 11) is 1.89. The summed E-state index contributed by atoms with van der Waals surface area (Å²) in [5.41, 5.74) is 0. The first-order valence-electron chi connectivity index (χ1n) is 5.24. The van der Waals surface area contributed by atoms with Gasteiger partial charge in [-0.3, -0.25) is 4.79 Å². The zero-order chi connectivity index (χ0) is 10.4. The Bertz CT molecular complexity index is 179. The van der Waals surface area contributed by atoms with Crippen LogP contribution in [0.1, 0.15) is 19.8 Å². The zero-order valence-corrected chi connectivity index (χ0v) is 9.01. The fourth-order valence-electron chi connectivity index (χ4n) is 1.45. The lowest BCUT2D eigenvalue weighted by molar-refractivity contribution is -0.122. The molecule has 1 heterocycles. The normalized spacial score (nSPS) is 23.4. The van der Waals surface area contributed by atoms with E-state index in [0.29, 0.717) is 24.9 Å². The van der Waals surface area contributed by atoms with E-state index in [1.165, 1.54) is 0 Å². The first-order valence-corrected chi connectivity index (χ1v) is 5.24. The minimum absolute atomic E-state index is 0.141. The molecule has 82 valence electrons. The molecule has 1 amide bonds. The second-order valence-corrected chi connectivity index (χ2v) is 3.93. The van der Waals surface area contributed by atoms with Crippen LogP contribution in [0, 0.1) is 5.92 Å². The maximum absolute atomic E-state index is 11.4. The quantitative estimate of drug-likeness (QED) is 0.663. The summed E-state index contributed by atoms with van der Waals surface area (Å²) in [5, 5.41) is 5.98. The van der Waals surface area contributed by atoms with Gasteiger partial charge in [-0.2, -0.15) is 0 Å². The van der Waals surface area contributed by atoms with E-state index in [0.717, 1.165) is 19.6 Å². The Kier molecular flexibility index (Phi) is 4.90. The maximum atomic E-state index is 11.4. The molecule has 1 fully saturated rings. The first kappa shape index (κ1) is 11.5. The predicted molar refractivity (Wildman–Crippen MR) is 55.1 cm³/mol. The second kappa shape index (κ2) is 5.98. The lowest BCUT2D eigenvalue weighted by Gasteiger charge is -2.12. The molecule has 0 saturated carbocycles. The molecule has 0 radical (unpaired) electrons. The third-order valence-electron chi connectivity index (χ3n) is 2.60. The molecule has 4 nitrogen and oxygen atoms in total. The molecule has 1 saturated heterocycles. The Morgan fingerprint density at radius 2 is 2.43 bits per heavy atom. The molecular weight excluding hydrogens is 180 g/mol. The molecule has 2 atom stereocenters. The van der Waals surface area contributed by atoms with Crippen molar-refractivity contribution in [2.24, 2.45) is 5.92 Å². The number of amides is 1. The lowest BCUT2D eigenvalue weighted by atomic mass is 10.0. The molecule has 4 heteroatoms. The van der Waals surface area contributed by atoms with Crippen LogP contribution in [-0.2, 0) is 9.53 Å². The monoisotopic (exact) mass is 200 g/mol. The highest BCUT2D eigenvalue weighted by Crippen LogP contribution is 2.15. The van der Waals surface area contributed by atoms with Gasteiger partial charge < -0.3 is 15.4 Å². The smallest absolute Gasteiger partial charge is 0.220 e. The first-order chi connectivity index (χ1) is 6.72. The Morgan fingerprint density at radius 3 is 3.00 bits per heavy atom. The standard InChI is InChI=1S/C10H20N2O2/c1-8(11-2)6-12-10(13)5-9-3-4-14-7-9/h8-9,11H,3-7H2,1-2H3,(H,12,13). The topological polar surface area (TPSA) is 50.4 Å². The number of likely N-dealkylation sites (N-methyl/N-ethyl adjacent to an activating group) is 1. The van der Waals surface area contributed by atoms with Crippen LogP contribution in [0.5, 0.6) is 0 Å². The highest BCUT2D eigenvalue weighted by molar-refractivity contribution is 5.76. The van der Waals surface area contributed by atoms with E-state index in [9.17, 15) is 4.79 Å². The van der Waals surface area contributed by atoms with Crippen molar-refractivity contribution in [1.82, 2.24) is 10.6 Å². The third kappa shape index (κ3) is 4.07. The number of carbonyl (C=O) groups is 1. The largest absolute Gasteiger partial charge is 0.381 e. The summed E-state index contributed by atoms with van der Waals surface area (Å²) in [6.07, 6.45) is 1.63. The summed E-state index contributed by atoms with van der Waals surface area (Å²) in [6, 6.07) is 0.332. The molecular formula is C10H20N2O2. The number of carbonyl (C=O) groups excluding carboxylic acids is 1. The summed E-state index contributed by atoms with van der Waals surface area (Å²) in [5.74, 6) is 0.572. The summed E-state index contributed by atoms with van der Waals surface area (Å²) in [4.78, 5) is 11.4. The summed E-state index contributed by atoms with van der Waals surface area (Å²) < 4.78 is 5.21. The summed E-state index contributed by atoms with van der Waals surface area (Å²) in [6.45, 7) is 4.29. The number of rotatable bonds is 5. The minimum Gasteiger partial charge on any atom is -0.381 e. The molecule has 1 aliphatic heterocycles. The van der Waals surface area contributed by atoms with Gasteiger partial charge in [0.25, 0.3) is 0 Å². The molecule has 1 aliphatic rings. The third-order valence-corrected chi connectivity index (χ3v) is 2.60. The Labute approximate surface area is 85.4 Å². The predicted octanol–water partition coefficient (Wildman–Crippen LogP) is 0.137. The van der Waals surface area contributed by atoms with Crippen LogP contribution in [-0.4, -0.2) is 38.8 Å². The number of hydrogen-bond donors (Lipinski definition) is 2. The summed E-state index contributed by atoms with van der Waals surface area (Å²) >= 11 is 0. The number of hydrogen-bond acceptors (Lipinski definition) is 3. The van der Waals surface area contributed by atoms with Crippen molar-refractivity contribution in [1.29, 1.82) is 0 Å². The van der Waals surface area contributed by atoms with E-state index < -0.39 is 0 Å². The van der Waals surface area contributed by atoms with Crippen LogP contribution < -0.4 is 10.6 Å². The van der Waals surface area contributed by atoms with E-state index in [2.05, 4.69) is 10.6 Å². The molecule has 0 spiro atoms. The van der Waals surface area contributed by atoms with Crippen molar-refractivity contribution in [3.63, 3.8) is 0 Å². The highest BCUT2D eigenvalue weighted by Gasteiger charge is 2.18. The molecule has 1 rings (SSSR count). The molecule has 0 bridgehead atoms. The average Bonchev–Trinajstić information content (AvgIpc) is 2.66. The van der Waals surface area contributed by atoms with Crippen molar-refractivity contribution in [2.75, 3.05) is 26.8 Å². The van der Waals surface area contributed by atoms with Crippen LogP contribution in [0.3, 0.4) is 0 Å². The number of nitrogens with one attached hydrogen (secondary N) is 2. The fraction of sp³-hybridized carbons (Fsp3) is 0.900. The molecule has 0 aliphatic carbocycles. The molecule has 0 aromatic carbocycles. The number of ether oxygens (including phenoxy) is 1. The van der Waals surface area contributed by atoms with Crippen molar-refractivity contribution >= 4 is 5.91 Å². The van der Waals surface area contributed by atoms with Gasteiger partial charge in [0.05, 0.1) is 0 Å². The van der Waals surface area contributed by atoms with E-state index in [-0.39, 0.29) is 5.91 Å². The van der Waals surface area contributed by atoms with Gasteiger partial charge in [0, 0.05) is 32.2 Å². The van der Waals surface area contributed by atoms with E-state index >= 15 is 0 Å². The Balaban J connectivity index is 2.09. The van der Waals surface area contributed by atoms with Crippen LogP contribution in [0.4, 0.5) is 0 Å². The molecule has 2 unspecified atom stereocenters. The Morgan fingerprint density at radius 1 is 1.64 bits per heavy atom. The lowest BCUT2D eigenvalue weighted by Crippen LogP contribution is -2.37. The molecule has 14 heavy (non-hydrogen) atoms. The SMILES string of the molecule is CNC(C)CNC(=O)CC1CCOC1. The highest BCUT2D eigenvalue weighted by atomic mass is 16.5. The van der Waals surface area contributed by atoms with Gasteiger partial charge >= 0.3 is 0 Å². The van der Waals surface area contributed by atoms with Gasteiger partial charge in [-0.15, -0.1) is 0 Å². The van der Waals surface area contributed by atoms with Gasteiger partial charge in [0.2, 0.25) is 5.91 Å². The van der Waals surface area contributed by atoms with Crippen LogP contribution in [0.2, 0.25) is 0 Å². The van der Waals surface area contributed by atoms with Gasteiger partial charge in [-0.05, 0) is 26.3 Å². The average molecular weight is 200 g/mol. The molecule has 0 aromatic rings. The van der Waals surface area contributed by atoms with Gasteiger partial charge in [-0.1, -0.05) is 0 Å². The van der Waals surface area contributed by atoms with Gasteiger partial charge in [-0.25, -0.2) is 0 Å². The Hall–Kier alpha value is -0.610. The minimum atomic E-state index is 0.141. The van der Waals surface area contributed by atoms with Crippen LogP contribution in [0.25, 0.3) is 0 Å². The van der Waals surface area contributed by atoms with Gasteiger partial charge in [0.1, 0.15) is 0 Å². The maximum Gasteiger partial charge on any atom is 0.220 e. The van der Waals surface area contributed by atoms with E-state index in [1.807, 2.05) is 14.0 Å². The van der Waals surface area contributed by atoms with E-state index in [1.54, 1.807) is 0 Å².